The lowest BCUT2D eigenvalue weighted by atomic mass is 10.1. The molecule has 0 fully saturated rings. The number of hydrogen-bond donors (Lipinski definition) is 0. The molecule has 0 aromatic heterocycles. The average molecular weight is 714 g/mol. The molecule has 7 aromatic carbocycles. The fourth-order valence-electron chi connectivity index (χ4n) is 6.18. The Balaban J connectivity index is 1.11. The van der Waals surface area contributed by atoms with E-state index in [-0.39, 0.29) is 0 Å². The minimum absolute atomic E-state index is 0.646. The van der Waals surface area contributed by atoms with Crippen molar-refractivity contribution in [1.29, 1.82) is 0 Å². The van der Waals surface area contributed by atoms with Gasteiger partial charge in [-0.3, -0.25) is 10.0 Å². The highest BCUT2D eigenvalue weighted by molar-refractivity contribution is 5.85. The molecule has 0 amide bonds. The Morgan fingerprint density at radius 1 is 0.345 bits per heavy atom. The Labute approximate surface area is 324 Å². The molecule has 0 radical (unpaired) electrons. The van der Waals surface area contributed by atoms with Crippen LogP contribution in [0.4, 0.5) is 28.4 Å². The summed E-state index contributed by atoms with van der Waals surface area (Å²) in [4.78, 5) is 2.26. The van der Waals surface area contributed by atoms with E-state index >= 15 is 0 Å². The maximum atomic E-state index is 4.94. The minimum Gasteiger partial charge on any atom is -0.311 e. The maximum absolute atomic E-state index is 4.94. The van der Waals surface area contributed by atoms with Crippen molar-refractivity contribution in [2.24, 2.45) is 10.2 Å². The van der Waals surface area contributed by atoms with E-state index in [9.17, 15) is 0 Å². The predicted octanol–water partition coefficient (Wildman–Crippen LogP) is 12.5. The van der Waals surface area contributed by atoms with Gasteiger partial charge in [-0.15, -0.1) is 0 Å². The van der Waals surface area contributed by atoms with E-state index in [4.69, 9.17) is 10.2 Å². The zero-order chi connectivity index (χ0) is 37.7. The highest BCUT2D eigenvalue weighted by Crippen LogP contribution is 2.34. The van der Waals surface area contributed by atoms with E-state index in [1.54, 1.807) is 0 Å². The summed E-state index contributed by atoms with van der Waals surface area (Å²) in [5, 5.41) is 13.9. The average Bonchev–Trinajstić information content (AvgIpc) is 3.26. The van der Waals surface area contributed by atoms with Crippen molar-refractivity contribution < 1.29 is 0 Å². The summed E-state index contributed by atoms with van der Waals surface area (Å²) in [5.74, 6) is 0. The molecule has 268 valence electrons. The van der Waals surface area contributed by atoms with E-state index in [0.29, 0.717) is 13.1 Å². The Bertz CT molecular complexity index is 2170. The molecule has 0 saturated carbocycles. The van der Waals surface area contributed by atoms with Crippen LogP contribution < -0.4 is 14.9 Å². The lowest BCUT2D eigenvalue weighted by molar-refractivity contribution is 0.858. The molecule has 0 aliphatic carbocycles. The van der Waals surface area contributed by atoms with Crippen LogP contribution in [0.15, 0.2) is 211 Å². The third-order valence-corrected chi connectivity index (χ3v) is 9.21. The normalized spacial score (nSPS) is 11.1. The van der Waals surface area contributed by atoms with Crippen LogP contribution >= 0.6 is 0 Å². The first-order valence-electron chi connectivity index (χ1n) is 18.4. The molecule has 0 bridgehead atoms. The second kappa shape index (κ2) is 18.0. The first-order chi connectivity index (χ1) is 27.1. The molecule has 0 N–H and O–H groups in total. The van der Waals surface area contributed by atoms with Crippen LogP contribution in [-0.4, -0.2) is 12.4 Å². The van der Waals surface area contributed by atoms with Gasteiger partial charge in [0.05, 0.1) is 36.9 Å². The number of para-hydroxylation sites is 3. The largest absolute Gasteiger partial charge is 0.311 e. The fourth-order valence-corrected chi connectivity index (χ4v) is 6.18. The molecule has 0 heterocycles. The third kappa shape index (κ3) is 9.60. The van der Waals surface area contributed by atoms with Crippen LogP contribution in [-0.2, 0) is 13.1 Å². The van der Waals surface area contributed by atoms with Crippen molar-refractivity contribution in [2.45, 2.75) is 13.1 Å². The molecule has 0 spiro atoms. The van der Waals surface area contributed by atoms with Crippen LogP contribution in [0, 0.1) is 0 Å². The van der Waals surface area contributed by atoms with Gasteiger partial charge in [0.1, 0.15) is 0 Å². The summed E-state index contributed by atoms with van der Waals surface area (Å²) in [6.45, 7) is 9.05. The van der Waals surface area contributed by atoms with Gasteiger partial charge >= 0.3 is 0 Å². The van der Waals surface area contributed by atoms with E-state index < -0.39 is 0 Å². The molecule has 5 heteroatoms. The third-order valence-electron chi connectivity index (χ3n) is 9.21. The standard InChI is InChI=1S/C50H43N5/c1-3-40-20-24-44(25-21-40)38-53(46-14-8-5-9-15-46)51-36-42-28-32-49(33-29-42)55(48-18-12-7-13-19-48)50-34-30-43(31-35-50)37-52-54(47-16-10-6-11-17-47)39-45-26-22-41(4-2)23-27-45/h3-37H,1-2,38-39H2. The second-order valence-electron chi connectivity index (χ2n) is 13.0. The summed E-state index contributed by atoms with van der Waals surface area (Å²) in [6.07, 6.45) is 7.56. The molecule has 5 nitrogen and oxygen atoms in total. The maximum Gasteiger partial charge on any atom is 0.0666 e. The van der Waals surface area contributed by atoms with Gasteiger partial charge in [0, 0.05) is 17.1 Å². The second-order valence-corrected chi connectivity index (χ2v) is 13.0. The molecule has 55 heavy (non-hydrogen) atoms. The molecule has 0 aliphatic rings. The van der Waals surface area contributed by atoms with E-state index in [0.717, 1.165) is 50.7 Å². The Kier molecular flexibility index (Phi) is 11.8. The zero-order valence-electron chi connectivity index (χ0n) is 30.8. The predicted molar refractivity (Wildman–Crippen MR) is 235 cm³/mol. The van der Waals surface area contributed by atoms with Crippen molar-refractivity contribution in [2.75, 3.05) is 14.9 Å². The Morgan fingerprint density at radius 3 is 1.00 bits per heavy atom. The van der Waals surface area contributed by atoms with E-state index in [1.807, 2.05) is 77.1 Å². The number of rotatable bonds is 15. The van der Waals surface area contributed by atoms with Crippen molar-refractivity contribution in [3.8, 4) is 0 Å². The highest BCUT2D eigenvalue weighted by Gasteiger charge is 2.13. The van der Waals surface area contributed by atoms with Gasteiger partial charge in [0.2, 0.25) is 0 Å². The SMILES string of the molecule is C=Cc1ccc(CN(N=Cc2ccc(N(c3ccccc3)c3ccc(C=NN(Cc4ccc(C=C)cc4)c4ccccc4)cc3)cc2)c2ccccc2)cc1. The molecule has 7 rings (SSSR count). The van der Waals surface area contributed by atoms with Crippen LogP contribution in [0.5, 0.6) is 0 Å². The molecule has 0 unspecified atom stereocenters. The van der Waals surface area contributed by atoms with Crippen molar-refractivity contribution in [3.63, 3.8) is 0 Å². The van der Waals surface area contributed by atoms with Crippen LogP contribution in [0.3, 0.4) is 0 Å². The lowest BCUT2D eigenvalue weighted by Gasteiger charge is -2.25. The van der Waals surface area contributed by atoms with Crippen LogP contribution in [0.1, 0.15) is 33.4 Å². The number of nitrogens with zero attached hydrogens (tertiary/aromatic N) is 5. The van der Waals surface area contributed by atoms with Crippen molar-refractivity contribution in [1.82, 2.24) is 0 Å². The van der Waals surface area contributed by atoms with Gasteiger partial charge in [-0.05, 0) is 94.0 Å². The smallest absolute Gasteiger partial charge is 0.0666 e. The summed E-state index contributed by atoms with van der Waals surface area (Å²) < 4.78 is 0. The van der Waals surface area contributed by atoms with Gasteiger partial charge in [-0.2, -0.15) is 10.2 Å². The van der Waals surface area contributed by atoms with Crippen LogP contribution in [0.2, 0.25) is 0 Å². The summed E-state index contributed by atoms with van der Waals surface area (Å²) in [5.41, 5.74) is 11.8. The molecular formula is C50H43N5. The first-order valence-corrected chi connectivity index (χ1v) is 18.4. The molecular weight excluding hydrogens is 671 g/mol. The topological polar surface area (TPSA) is 34.4 Å². The molecule has 0 atom stereocenters. The van der Waals surface area contributed by atoms with Gasteiger partial charge in [0.25, 0.3) is 0 Å². The molecule has 7 aromatic rings. The first kappa shape index (κ1) is 36.1. The van der Waals surface area contributed by atoms with E-state index in [2.05, 4.69) is 164 Å². The summed E-state index contributed by atoms with van der Waals surface area (Å²) >= 11 is 0. The van der Waals surface area contributed by atoms with Gasteiger partial charge in [-0.1, -0.05) is 153 Å². The van der Waals surface area contributed by atoms with Crippen molar-refractivity contribution >= 4 is 53.0 Å². The highest BCUT2D eigenvalue weighted by atomic mass is 15.5. The number of hydrazone groups is 2. The molecule has 0 saturated heterocycles. The monoisotopic (exact) mass is 713 g/mol. The number of anilines is 5. The Hall–Kier alpha value is -7.24. The fraction of sp³-hybridized carbons (Fsp3) is 0.0400. The molecule has 0 aliphatic heterocycles. The Morgan fingerprint density at radius 2 is 0.655 bits per heavy atom. The van der Waals surface area contributed by atoms with E-state index in [1.165, 1.54) is 11.1 Å². The lowest BCUT2D eigenvalue weighted by Crippen LogP contribution is -2.16. The van der Waals surface area contributed by atoms with Crippen molar-refractivity contribution in [3.05, 3.63) is 235 Å². The zero-order valence-corrected chi connectivity index (χ0v) is 30.8. The summed E-state index contributed by atoms with van der Waals surface area (Å²) in [7, 11) is 0. The minimum atomic E-state index is 0.646. The van der Waals surface area contributed by atoms with Gasteiger partial charge in [0.15, 0.2) is 0 Å². The summed E-state index contributed by atoms with van der Waals surface area (Å²) in [6, 6.07) is 64.8. The number of benzene rings is 7. The quantitative estimate of drug-likeness (QED) is 0.0784. The number of hydrogen-bond acceptors (Lipinski definition) is 5. The van der Waals surface area contributed by atoms with Gasteiger partial charge in [-0.25, -0.2) is 0 Å². The van der Waals surface area contributed by atoms with Crippen LogP contribution in [0.25, 0.3) is 12.2 Å². The van der Waals surface area contributed by atoms with Gasteiger partial charge < -0.3 is 4.90 Å².